The summed E-state index contributed by atoms with van der Waals surface area (Å²) in [4.78, 5) is 34.3. The first-order valence-electron chi connectivity index (χ1n) is 10.9. The minimum atomic E-state index is -0.329. The van der Waals surface area contributed by atoms with Crippen LogP contribution in [0.5, 0.6) is 0 Å². The van der Waals surface area contributed by atoms with Crippen molar-refractivity contribution in [3.05, 3.63) is 112 Å². The number of nitrogens with one attached hydrogen (secondary N) is 2. The highest BCUT2D eigenvalue weighted by molar-refractivity contribution is 6.31. The molecule has 0 saturated carbocycles. The summed E-state index contributed by atoms with van der Waals surface area (Å²) in [5, 5.41) is 6.12. The molecule has 7 nitrogen and oxygen atoms in total. The second-order valence-electron chi connectivity index (χ2n) is 8.26. The number of hydrogen-bond donors (Lipinski definition) is 3. The number of nitrogens with two attached hydrogens (primary N) is 1. The molecular formula is C27H24ClN5O2. The van der Waals surface area contributed by atoms with Crippen LogP contribution in [0.15, 0.2) is 73.1 Å². The van der Waals surface area contributed by atoms with E-state index in [4.69, 9.17) is 17.3 Å². The molecule has 0 spiro atoms. The molecule has 3 aromatic carbocycles. The molecule has 0 aliphatic carbocycles. The smallest absolute Gasteiger partial charge is 0.256 e. The van der Waals surface area contributed by atoms with Gasteiger partial charge in [-0.2, -0.15) is 0 Å². The van der Waals surface area contributed by atoms with E-state index in [1.807, 2.05) is 38.1 Å². The third-order valence-corrected chi connectivity index (χ3v) is 5.54. The van der Waals surface area contributed by atoms with Crippen LogP contribution in [0.25, 0.3) is 0 Å². The van der Waals surface area contributed by atoms with Gasteiger partial charge in [-0.05, 0) is 73.0 Å². The van der Waals surface area contributed by atoms with Gasteiger partial charge in [0.05, 0.1) is 18.1 Å². The van der Waals surface area contributed by atoms with E-state index in [1.54, 1.807) is 48.8 Å². The monoisotopic (exact) mass is 485 g/mol. The number of rotatable bonds is 6. The van der Waals surface area contributed by atoms with Crippen molar-refractivity contribution < 1.29 is 9.59 Å². The normalized spacial score (nSPS) is 10.6. The molecule has 35 heavy (non-hydrogen) atoms. The Morgan fingerprint density at radius 2 is 1.63 bits per heavy atom. The third-order valence-electron chi connectivity index (χ3n) is 5.32. The average molecular weight is 486 g/mol. The third kappa shape index (κ3) is 6.22. The Morgan fingerprint density at radius 1 is 0.886 bits per heavy atom. The second-order valence-corrected chi connectivity index (χ2v) is 8.70. The van der Waals surface area contributed by atoms with E-state index in [9.17, 15) is 9.59 Å². The molecule has 4 rings (SSSR count). The van der Waals surface area contributed by atoms with Crippen molar-refractivity contribution in [3.63, 3.8) is 0 Å². The maximum Gasteiger partial charge on any atom is 0.256 e. The van der Waals surface area contributed by atoms with Gasteiger partial charge in [-0.15, -0.1) is 0 Å². The molecule has 8 heteroatoms. The number of halogens is 1. The Morgan fingerprint density at radius 3 is 2.34 bits per heavy atom. The molecule has 0 radical (unpaired) electrons. The number of carbonyl (C=O) groups is 2. The van der Waals surface area contributed by atoms with E-state index in [1.165, 1.54) is 0 Å². The van der Waals surface area contributed by atoms with E-state index < -0.39 is 0 Å². The molecule has 0 fully saturated rings. The predicted octanol–water partition coefficient (Wildman–Crippen LogP) is 5.42. The van der Waals surface area contributed by atoms with Gasteiger partial charge in [0.25, 0.3) is 11.8 Å². The van der Waals surface area contributed by atoms with Crippen LogP contribution in [0.2, 0.25) is 5.02 Å². The summed E-state index contributed by atoms with van der Waals surface area (Å²) >= 11 is 6.07. The van der Waals surface area contributed by atoms with Gasteiger partial charge < -0.3 is 16.4 Å². The van der Waals surface area contributed by atoms with Crippen LogP contribution < -0.4 is 16.4 Å². The predicted molar refractivity (Wildman–Crippen MR) is 139 cm³/mol. The summed E-state index contributed by atoms with van der Waals surface area (Å²) in [6.45, 7) is 3.69. The largest absolute Gasteiger partial charge is 0.399 e. The molecule has 0 aliphatic heterocycles. The summed E-state index contributed by atoms with van der Waals surface area (Å²) in [5.41, 5.74) is 11.0. The molecule has 0 saturated heterocycles. The van der Waals surface area contributed by atoms with E-state index in [2.05, 4.69) is 20.6 Å². The number of aromatic nitrogens is 2. The first-order chi connectivity index (χ1) is 16.8. The molecular weight excluding hydrogens is 462 g/mol. The van der Waals surface area contributed by atoms with Crippen LogP contribution in [-0.2, 0) is 6.42 Å². The number of amides is 2. The first kappa shape index (κ1) is 23.9. The Bertz CT molecular complexity index is 1380. The molecule has 0 unspecified atom stereocenters. The van der Waals surface area contributed by atoms with Gasteiger partial charge in [0.15, 0.2) is 0 Å². The van der Waals surface area contributed by atoms with Crippen LogP contribution in [0.3, 0.4) is 0 Å². The molecule has 1 aromatic heterocycles. The van der Waals surface area contributed by atoms with Crippen LogP contribution >= 0.6 is 11.6 Å². The van der Waals surface area contributed by atoms with Crippen LogP contribution in [0, 0.1) is 13.8 Å². The number of anilines is 3. The topological polar surface area (TPSA) is 110 Å². The standard InChI is InChI=1S/C27H24ClN5O2/c1-16-8-19(12-20(28)9-16)26(34)32-22-7-6-17(2)24(13-22)27(35)33-23-14-30-25(31-15-23)11-18-4-3-5-21(29)10-18/h3-10,12-15H,11,29H2,1-2H3,(H,32,34)(H,33,35). The lowest BCUT2D eigenvalue weighted by atomic mass is 10.1. The molecule has 0 aliphatic rings. The number of carbonyl (C=O) groups excluding carboxylic acids is 2. The van der Waals surface area contributed by atoms with Crippen molar-refractivity contribution in [1.29, 1.82) is 0 Å². The molecule has 4 aromatic rings. The summed E-state index contributed by atoms with van der Waals surface area (Å²) < 4.78 is 0. The number of hydrogen-bond acceptors (Lipinski definition) is 5. The molecule has 0 atom stereocenters. The van der Waals surface area contributed by atoms with Gasteiger partial charge >= 0.3 is 0 Å². The van der Waals surface area contributed by atoms with Gasteiger partial charge in [-0.25, -0.2) is 9.97 Å². The minimum Gasteiger partial charge on any atom is -0.399 e. The molecule has 0 bridgehead atoms. The summed E-state index contributed by atoms with van der Waals surface area (Å²) in [5.74, 6) is -0.0231. The number of aryl methyl sites for hydroxylation is 2. The summed E-state index contributed by atoms with van der Waals surface area (Å²) in [6.07, 6.45) is 3.66. The highest BCUT2D eigenvalue weighted by Crippen LogP contribution is 2.20. The zero-order valence-electron chi connectivity index (χ0n) is 19.3. The molecule has 2 amide bonds. The van der Waals surface area contributed by atoms with Crippen LogP contribution in [0.4, 0.5) is 17.1 Å². The van der Waals surface area contributed by atoms with Crippen molar-refractivity contribution in [2.24, 2.45) is 0 Å². The molecule has 1 heterocycles. The summed E-state index contributed by atoms with van der Waals surface area (Å²) in [6, 6.07) is 17.8. The van der Waals surface area contributed by atoms with E-state index in [0.717, 1.165) is 16.7 Å². The van der Waals surface area contributed by atoms with Crippen molar-refractivity contribution in [2.45, 2.75) is 20.3 Å². The zero-order chi connectivity index (χ0) is 24.9. The highest BCUT2D eigenvalue weighted by atomic mass is 35.5. The Labute approximate surface area is 208 Å². The fourth-order valence-corrected chi connectivity index (χ4v) is 3.90. The van der Waals surface area contributed by atoms with Gasteiger partial charge in [-0.3, -0.25) is 9.59 Å². The fraction of sp³-hybridized carbons (Fsp3) is 0.111. The molecule has 176 valence electrons. The zero-order valence-corrected chi connectivity index (χ0v) is 20.1. The number of nitrogen functional groups attached to an aromatic ring is 1. The quantitative estimate of drug-likeness (QED) is 0.316. The van der Waals surface area contributed by atoms with Gasteiger partial charge in [0, 0.05) is 33.9 Å². The van der Waals surface area contributed by atoms with Crippen molar-refractivity contribution in [3.8, 4) is 0 Å². The Balaban J connectivity index is 1.44. The fourth-order valence-electron chi connectivity index (χ4n) is 3.61. The van der Waals surface area contributed by atoms with Gasteiger partial charge in [0.1, 0.15) is 5.82 Å². The van der Waals surface area contributed by atoms with E-state index in [-0.39, 0.29) is 11.8 Å². The lowest BCUT2D eigenvalue weighted by molar-refractivity contribution is 0.101. The Hall–Kier alpha value is -4.23. The highest BCUT2D eigenvalue weighted by Gasteiger charge is 2.14. The van der Waals surface area contributed by atoms with Crippen molar-refractivity contribution in [2.75, 3.05) is 16.4 Å². The maximum atomic E-state index is 12.9. The van der Waals surface area contributed by atoms with E-state index in [0.29, 0.717) is 45.5 Å². The van der Waals surface area contributed by atoms with Crippen LogP contribution in [0.1, 0.15) is 43.2 Å². The van der Waals surface area contributed by atoms with Gasteiger partial charge in [-0.1, -0.05) is 29.8 Å². The lowest BCUT2D eigenvalue weighted by Gasteiger charge is -2.11. The van der Waals surface area contributed by atoms with Gasteiger partial charge in [0.2, 0.25) is 0 Å². The second kappa shape index (κ2) is 10.4. The average Bonchev–Trinajstić information content (AvgIpc) is 2.81. The first-order valence-corrected chi connectivity index (χ1v) is 11.3. The van der Waals surface area contributed by atoms with Crippen LogP contribution in [-0.4, -0.2) is 21.8 Å². The number of benzene rings is 3. The minimum absolute atomic E-state index is 0.310. The van der Waals surface area contributed by atoms with E-state index >= 15 is 0 Å². The van der Waals surface area contributed by atoms with Crippen molar-refractivity contribution in [1.82, 2.24) is 9.97 Å². The number of nitrogens with zero attached hydrogens (tertiary/aromatic N) is 2. The lowest BCUT2D eigenvalue weighted by Crippen LogP contribution is -2.16. The molecule has 4 N–H and O–H groups in total. The Kier molecular flexibility index (Phi) is 7.08. The summed E-state index contributed by atoms with van der Waals surface area (Å²) in [7, 11) is 0. The SMILES string of the molecule is Cc1cc(Cl)cc(C(=O)Nc2ccc(C)c(C(=O)Nc3cnc(Cc4cccc(N)c4)nc3)c2)c1. The van der Waals surface area contributed by atoms with Crippen molar-refractivity contribution >= 4 is 40.5 Å². The maximum absolute atomic E-state index is 12.9.